The Morgan fingerprint density at radius 3 is 2.67 bits per heavy atom. The van der Waals surface area contributed by atoms with Crippen LogP contribution in [0.3, 0.4) is 0 Å². The van der Waals surface area contributed by atoms with E-state index in [-0.39, 0.29) is 0 Å². The van der Waals surface area contributed by atoms with Crippen molar-refractivity contribution in [3.05, 3.63) is 28.2 Å². The Bertz CT molecular complexity index is 417. The van der Waals surface area contributed by atoms with Gasteiger partial charge in [0, 0.05) is 10.0 Å². The third-order valence-electron chi connectivity index (χ3n) is 2.52. The lowest BCUT2D eigenvalue weighted by Crippen LogP contribution is -2.27. The Hall–Kier alpha value is -1.07. The molecular formula is C13H17BrO4. The summed E-state index contributed by atoms with van der Waals surface area (Å²) in [5, 5.41) is 18.7. The quantitative estimate of drug-likeness (QED) is 0.846. The normalized spacial score (nSPS) is 14.0. The number of aliphatic hydroxyl groups excluding tert-OH is 1. The van der Waals surface area contributed by atoms with Crippen molar-refractivity contribution < 1.29 is 19.7 Å². The molecule has 0 amide bonds. The van der Waals surface area contributed by atoms with Gasteiger partial charge in [-0.15, -0.1) is 0 Å². The number of rotatable bonds is 6. The first-order valence-electron chi connectivity index (χ1n) is 5.82. The monoisotopic (exact) mass is 316 g/mol. The van der Waals surface area contributed by atoms with Crippen LogP contribution in [0.5, 0.6) is 5.75 Å². The molecule has 0 heterocycles. The van der Waals surface area contributed by atoms with Gasteiger partial charge >= 0.3 is 5.97 Å². The maximum atomic E-state index is 11.0. The van der Waals surface area contributed by atoms with E-state index in [4.69, 9.17) is 9.84 Å². The van der Waals surface area contributed by atoms with Crippen LogP contribution in [0.2, 0.25) is 0 Å². The Morgan fingerprint density at radius 1 is 1.50 bits per heavy atom. The highest BCUT2D eigenvalue weighted by molar-refractivity contribution is 9.10. The van der Waals surface area contributed by atoms with Crippen molar-refractivity contribution >= 4 is 21.9 Å². The minimum Gasteiger partial charge on any atom is -0.479 e. The highest BCUT2D eigenvalue weighted by Gasteiger charge is 2.20. The lowest BCUT2D eigenvalue weighted by molar-refractivity contribution is -0.145. The van der Waals surface area contributed by atoms with Crippen molar-refractivity contribution in [1.29, 1.82) is 0 Å². The number of hydrogen-bond donors (Lipinski definition) is 2. The molecule has 2 unspecified atom stereocenters. The summed E-state index contributed by atoms with van der Waals surface area (Å²) in [7, 11) is 0. The molecule has 0 radical (unpaired) electrons. The number of aliphatic hydroxyl groups is 1. The summed E-state index contributed by atoms with van der Waals surface area (Å²) in [6, 6.07) is 5.15. The average Bonchev–Trinajstić information content (AvgIpc) is 2.30. The van der Waals surface area contributed by atoms with Gasteiger partial charge in [0.15, 0.2) is 6.10 Å². The molecular weight excluding hydrogens is 300 g/mol. The van der Waals surface area contributed by atoms with Gasteiger partial charge < -0.3 is 14.9 Å². The summed E-state index contributed by atoms with van der Waals surface area (Å²) < 4.78 is 6.30. The molecule has 0 fully saturated rings. The molecule has 1 rings (SSSR count). The Labute approximate surface area is 115 Å². The maximum absolute atomic E-state index is 11.0. The fourth-order valence-electron chi connectivity index (χ4n) is 1.60. The molecule has 0 aliphatic carbocycles. The molecule has 2 N–H and O–H groups in total. The summed E-state index contributed by atoms with van der Waals surface area (Å²) >= 11 is 3.31. The van der Waals surface area contributed by atoms with Crippen molar-refractivity contribution in [2.24, 2.45) is 0 Å². The van der Waals surface area contributed by atoms with Gasteiger partial charge in [0.05, 0.1) is 6.10 Å². The molecule has 0 saturated carbocycles. The van der Waals surface area contributed by atoms with Gasteiger partial charge in [-0.05, 0) is 31.5 Å². The van der Waals surface area contributed by atoms with Gasteiger partial charge in [-0.2, -0.15) is 0 Å². The predicted molar refractivity (Wildman–Crippen MR) is 71.7 cm³/mol. The van der Waals surface area contributed by atoms with E-state index in [0.29, 0.717) is 17.7 Å². The zero-order valence-electron chi connectivity index (χ0n) is 10.4. The molecule has 18 heavy (non-hydrogen) atoms. The molecule has 1 aromatic rings. The summed E-state index contributed by atoms with van der Waals surface area (Å²) in [5.41, 5.74) is 0.576. The van der Waals surface area contributed by atoms with E-state index in [9.17, 15) is 9.90 Å². The fourth-order valence-corrected chi connectivity index (χ4v) is 1.98. The molecule has 1 aromatic carbocycles. The molecule has 100 valence electrons. The highest BCUT2D eigenvalue weighted by Crippen LogP contribution is 2.29. The molecule has 0 saturated heterocycles. The van der Waals surface area contributed by atoms with Crippen LogP contribution in [0, 0.1) is 0 Å². The molecule has 0 bridgehead atoms. The Morgan fingerprint density at radius 2 is 2.17 bits per heavy atom. The van der Waals surface area contributed by atoms with Crippen LogP contribution in [0.15, 0.2) is 22.7 Å². The van der Waals surface area contributed by atoms with Crippen LogP contribution >= 0.6 is 15.9 Å². The number of benzene rings is 1. The number of carboxylic acid groups (broad SMARTS) is 1. The van der Waals surface area contributed by atoms with Crippen molar-refractivity contribution in [1.82, 2.24) is 0 Å². The van der Waals surface area contributed by atoms with Gasteiger partial charge in [-0.25, -0.2) is 4.79 Å². The fraction of sp³-hybridized carbons (Fsp3) is 0.462. The van der Waals surface area contributed by atoms with Crippen LogP contribution in [-0.4, -0.2) is 22.3 Å². The van der Waals surface area contributed by atoms with Crippen LogP contribution in [-0.2, 0) is 4.79 Å². The first-order chi connectivity index (χ1) is 8.45. The van der Waals surface area contributed by atoms with Gasteiger partial charge in [-0.3, -0.25) is 0 Å². The lowest BCUT2D eigenvalue weighted by Gasteiger charge is -2.18. The minimum absolute atomic E-state index is 0.411. The number of aliphatic carboxylic acids is 1. The zero-order chi connectivity index (χ0) is 13.7. The average molecular weight is 317 g/mol. The van der Waals surface area contributed by atoms with E-state index in [1.807, 2.05) is 6.92 Å². The first-order valence-corrected chi connectivity index (χ1v) is 6.62. The first kappa shape index (κ1) is 15.0. The maximum Gasteiger partial charge on any atom is 0.344 e. The van der Waals surface area contributed by atoms with Crippen LogP contribution in [0.1, 0.15) is 38.4 Å². The largest absolute Gasteiger partial charge is 0.479 e. The summed E-state index contributed by atoms with van der Waals surface area (Å²) in [6.07, 6.45) is -0.440. The standard InChI is InChI=1S/C13H17BrO4/c1-3-4-12(13(16)17)18-11-6-5-9(14)7-10(11)8(2)15/h5-8,12,15H,3-4H2,1-2H3,(H,16,17). The van der Waals surface area contributed by atoms with E-state index in [0.717, 1.165) is 10.9 Å². The number of ether oxygens (including phenoxy) is 1. The number of carbonyl (C=O) groups is 1. The second-order valence-corrected chi connectivity index (χ2v) is 5.01. The highest BCUT2D eigenvalue weighted by atomic mass is 79.9. The number of carboxylic acids is 1. The lowest BCUT2D eigenvalue weighted by atomic mass is 10.1. The second kappa shape index (κ2) is 6.75. The predicted octanol–water partition coefficient (Wildman–Crippen LogP) is 3.13. The molecule has 0 aliphatic rings. The second-order valence-electron chi connectivity index (χ2n) is 4.09. The van der Waals surface area contributed by atoms with Crippen LogP contribution < -0.4 is 4.74 Å². The zero-order valence-corrected chi connectivity index (χ0v) is 12.0. The topological polar surface area (TPSA) is 66.8 Å². The van der Waals surface area contributed by atoms with Crippen molar-refractivity contribution in [2.45, 2.75) is 38.9 Å². The molecule has 5 heteroatoms. The van der Waals surface area contributed by atoms with Crippen molar-refractivity contribution in [3.8, 4) is 5.75 Å². The molecule has 0 aromatic heterocycles. The summed E-state index contributed by atoms with van der Waals surface area (Å²) in [6.45, 7) is 3.51. The molecule has 2 atom stereocenters. The smallest absolute Gasteiger partial charge is 0.344 e. The van der Waals surface area contributed by atoms with E-state index < -0.39 is 18.2 Å². The van der Waals surface area contributed by atoms with Crippen LogP contribution in [0.25, 0.3) is 0 Å². The van der Waals surface area contributed by atoms with Crippen LogP contribution in [0.4, 0.5) is 0 Å². The van der Waals surface area contributed by atoms with E-state index in [2.05, 4.69) is 15.9 Å². The van der Waals surface area contributed by atoms with Gasteiger partial charge in [0.2, 0.25) is 0 Å². The van der Waals surface area contributed by atoms with Gasteiger partial charge in [0.1, 0.15) is 5.75 Å². The summed E-state index contributed by atoms with van der Waals surface area (Å²) in [5.74, 6) is -0.578. The molecule has 0 aliphatic heterocycles. The molecule has 0 spiro atoms. The van der Waals surface area contributed by atoms with E-state index in [1.54, 1.807) is 25.1 Å². The van der Waals surface area contributed by atoms with Gasteiger partial charge in [0.25, 0.3) is 0 Å². The Balaban J connectivity index is 2.98. The van der Waals surface area contributed by atoms with Crippen molar-refractivity contribution in [3.63, 3.8) is 0 Å². The molecule has 4 nitrogen and oxygen atoms in total. The summed E-state index contributed by atoms with van der Waals surface area (Å²) in [4.78, 5) is 11.0. The Kier molecular flexibility index (Phi) is 5.62. The SMILES string of the molecule is CCCC(Oc1ccc(Br)cc1C(C)O)C(=O)O. The number of hydrogen-bond acceptors (Lipinski definition) is 3. The van der Waals surface area contributed by atoms with Gasteiger partial charge in [-0.1, -0.05) is 29.3 Å². The third-order valence-corrected chi connectivity index (χ3v) is 3.01. The third kappa shape index (κ3) is 3.99. The van der Waals surface area contributed by atoms with Crippen molar-refractivity contribution in [2.75, 3.05) is 0 Å². The van der Waals surface area contributed by atoms with E-state index in [1.165, 1.54) is 0 Å². The minimum atomic E-state index is -0.990. The number of halogens is 1. The van der Waals surface area contributed by atoms with E-state index >= 15 is 0 Å².